The lowest BCUT2D eigenvalue weighted by Crippen LogP contribution is -2.13. The van der Waals surface area contributed by atoms with Gasteiger partial charge in [-0.05, 0) is 31.2 Å². The number of benzene rings is 1. The Morgan fingerprint density at radius 2 is 1.94 bits per heavy atom. The summed E-state index contributed by atoms with van der Waals surface area (Å²) < 4.78 is 0. The number of nitriles is 1. The maximum absolute atomic E-state index is 9.10. The highest BCUT2D eigenvalue weighted by Gasteiger charge is 2.10. The third-order valence-electron chi connectivity index (χ3n) is 2.84. The summed E-state index contributed by atoms with van der Waals surface area (Å²) in [6, 6.07) is 13.3. The lowest BCUT2D eigenvalue weighted by Gasteiger charge is -2.20. The smallest absolute Gasteiger partial charge is 0.133 e. The Hall–Kier alpha value is -2.54. The lowest BCUT2D eigenvalue weighted by atomic mass is 10.2. The Kier molecular flexibility index (Phi) is 3.16. The Morgan fingerprint density at radius 1 is 1.22 bits per heavy atom. The molecule has 4 heteroatoms. The minimum absolute atomic E-state index is 0.622. The molecular weight excluding hydrogens is 224 g/mol. The van der Waals surface area contributed by atoms with Gasteiger partial charge in [0.25, 0.3) is 0 Å². The van der Waals surface area contributed by atoms with Crippen LogP contribution in [0.25, 0.3) is 0 Å². The number of aromatic nitrogens is 1. The highest BCUT2D eigenvalue weighted by Crippen LogP contribution is 2.26. The molecule has 4 nitrogen and oxygen atoms in total. The number of anilines is 3. The van der Waals surface area contributed by atoms with Gasteiger partial charge in [-0.25, -0.2) is 4.98 Å². The van der Waals surface area contributed by atoms with Crippen LogP contribution in [0.2, 0.25) is 0 Å². The first-order valence-electron chi connectivity index (χ1n) is 5.59. The molecule has 0 saturated heterocycles. The van der Waals surface area contributed by atoms with E-state index in [2.05, 4.69) is 11.1 Å². The van der Waals surface area contributed by atoms with Gasteiger partial charge in [-0.2, -0.15) is 5.26 Å². The van der Waals surface area contributed by atoms with E-state index >= 15 is 0 Å². The molecule has 0 spiro atoms. The normalized spacial score (nSPS) is 9.83. The molecule has 0 radical (unpaired) electrons. The summed E-state index contributed by atoms with van der Waals surface area (Å²) in [7, 11) is 1.88. The number of nitrogens with zero attached hydrogens (tertiary/aromatic N) is 3. The molecule has 0 amide bonds. The van der Waals surface area contributed by atoms with Crippen molar-refractivity contribution in [2.24, 2.45) is 0 Å². The van der Waals surface area contributed by atoms with Crippen molar-refractivity contribution >= 4 is 17.2 Å². The topological polar surface area (TPSA) is 65.9 Å². The quantitative estimate of drug-likeness (QED) is 0.873. The molecule has 0 unspecified atom stereocenters. The van der Waals surface area contributed by atoms with E-state index < -0.39 is 0 Å². The second kappa shape index (κ2) is 4.76. The highest BCUT2D eigenvalue weighted by atomic mass is 15.2. The third kappa shape index (κ3) is 2.11. The number of aryl methyl sites for hydroxylation is 1. The van der Waals surface area contributed by atoms with Crippen molar-refractivity contribution < 1.29 is 0 Å². The molecule has 0 saturated carbocycles. The number of nitrogen functional groups attached to an aromatic ring is 1. The van der Waals surface area contributed by atoms with E-state index in [1.165, 1.54) is 0 Å². The molecule has 1 heterocycles. The van der Waals surface area contributed by atoms with Crippen molar-refractivity contribution in [3.63, 3.8) is 0 Å². The van der Waals surface area contributed by atoms with Gasteiger partial charge in [-0.15, -0.1) is 0 Å². The Balaban J connectivity index is 2.45. The molecule has 1 aromatic heterocycles. The average molecular weight is 238 g/mol. The van der Waals surface area contributed by atoms with Crippen LogP contribution in [-0.2, 0) is 0 Å². The van der Waals surface area contributed by atoms with Gasteiger partial charge in [0, 0.05) is 7.05 Å². The van der Waals surface area contributed by atoms with E-state index in [4.69, 9.17) is 11.0 Å². The molecule has 0 aliphatic heterocycles. The lowest BCUT2D eigenvalue weighted by molar-refractivity contribution is 1.09. The van der Waals surface area contributed by atoms with Gasteiger partial charge >= 0.3 is 0 Å². The molecule has 2 rings (SSSR count). The van der Waals surface area contributed by atoms with Gasteiger partial charge in [0.05, 0.1) is 22.6 Å². The van der Waals surface area contributed by atoms with Crippen LogP contribution < -0.4 is 10.6 Å². The second-order valence-electron chi connectivity index (χ2n) is 4.03. The summed E-state index contributed by atoms with van der Waals surface area (Å²) >= 11 is 0. The van der Waals surface area contributed by atoms with E-state index in [1.807, 2.05) is 49.2 Å². The number of rotatable bonds is 2. The molecule has 2 aromatic rings. The number of hydrogen-bond donors (Lipinski definition) is 1. The summed E-state index contributed by atoms with van der Waals surface area (Å²) in [6.45, 7) is 1.86. The molecule has 2 N–H and O–H groups in total. The molecule has 0 aliphatic carbocycles. The van der Waals surface area contributed by atoms with Crippen molar-refractivity contribution in [3.8, 4) is 6.07 Å². The molecule has 0 bridgehead atoms. The summed E-state index contributed by atoms with van der Waals surface area (Å²) in [4.78, 5) is 6.30. The summed E-state index contributed by atoms with van der Waals surface area (Å²) in [5, 5.41) is 9.10. The molecule has 0 fully saturated rings. The first-order chi connectivity index (χ1) is 8.63. The van der Waals surface area contributed by atoms with E-state index in [1.54, 1.807) is 6.07 Å². The van der Waals surface area contributed by atoms with Crippen LogP contribution >= 0.6 is 0 Å². The van der Waals surface area contributed by atoms with Crippen molar-refractivity contribution in [1.29, 1.82) is 5.26 Å². The van der Waals surface area contributed by atoms with Crippen LogP contribution in [0, 0.1) is 18.3 Å². The van der Waals surface area contributed by atoms with Crippen LogP contribution in [0.4, 0.5) is 17.2 Å². The fourth-order valence-corrected chi connectivity index (χ4v) is 1.73. The molecule has 90 valence electrons. The predicted octanol–water partition coefficient (Wildman–Crippen LogP) is 2.61. The Labute approximate surface area is 106 Å². The first kappa shape index (κ1) is 11.9. The van der Waals surface area contributed by atoms with Crippen molar-refractivity contribution in [1.82, 2.24) is 4.98 Å². The summed E-state index contributed by atoms with van der Waals surface area (Å²) in [6.07, 6.45) is 0. The standard InChI is InChI=1S/C14H14N4/c1-10-12(16)7-8-14(17-10)18(2)13-6-4-3-5-11(13)9-15/h3-8H,16H2,1-2H3. The summed E-state index contributed by atoms with van der Waals surface area (Å²) in [5.41, 5.74) is 8.66. The van der Waals surface area contributed by atoms with Crippen LogP contribution in [0.3, 0.4) is 0 Å². The zero-order chi connectivity index (χ0) is 13.1. The van der Waals surface area contributed by atoms with Crippen LogP contribution in [0.1, 0.15) is 11.3 Å². The molecule has 0 atom stereocenters. The SMILES string of the molecule is Cc1nc(N(C)c2ccccc2C#N)ccc1N. The first-order valence-corrected chi connectivity index (χ1v) is 5.59. The number of pyridine rings is 1. The molecule has 1 aromatic carbocycles. The van der Waals surface area contributed by atoms with Crippen molar-refractivity contribution in [3.05, 3.63) is 47.7 Å². The van der Waals surface area contributed by atoms with Gasteiger partial charge in [-0.1, -0.05) is 12.1 Å². The molecular formula is C14H14N4. The van der Waals surface area contributed by atoms with Gasteiger partial charge in [-0.3, -0.25) is 0 Å². The monoisotopic (exact) mass is 238 g/mol. The van der Waals surface area contributed by atoms with Gasteiger partial charge in [0.2, 0.25) is 0 Å². The zero-order valence-electron chi connectivity index (χ0n) is 10.4. The van der Waals surface area contributed by atoms with E-state index in [0.29, 0.717) is 11.3 Å². The molecule has 0 aliphatic rings. The van der Waals surface area contributed by atoms with Gasteiger partial charge < -0.3 is 10.6 Å². The maximum atomic E-state index is 9.10. The van der Waals surface area contributed by atoms with Gasteiger partial charge in [0.15, 0.2) is 0 Å². The zero-order valence-corrected chi connectivity index (χ0v) is 10.4. The number of nitrogens with two attached hydrogens (primary N) is 1. The van der Waals surface area contributed by atoms with Gasteiger partial charge in [0.1, 0.15) is 11.9 Å². The third-order valence-corrected chi connectivity index (χ3v) is 2.84. The fourth-order valence-electron chi connectivity index (χ4n) is 1.73. The molecule has 18 heavy (non-hydrogen) atoms. The number of para-hydroxylation sites is 1. The summed E-state index contributed by atoms with van der Waals surface area (Å²) in [5.74, 6) is 0.768. The average Bonchev–Trinajstić information content (AvgIpc) is 2.41. The minimum atomic E-state index is 0.622. The Morgan fingerprint density at radius 3 is 2.61 bits per heavy atom. The second-order valence-corrected chi connectivity index (χ2v) is 4.03. The predicted molar refractivity (Wildman–Crippen MR) is 72.6 cm³/mol. The highest BCUT2D eigenvalue weighted by molar-refractivity contribution is 5.67. The van der Waals surface area contributed by atoms with Crippen LogP contribution in [0.15, 0.2) is 36.4 Å². The maximum Gasteiger partial charge on any atom is 0.133 e. The minimum Gasteiger partial charge on any atom is -0.397 e. The van der Waals surface area contributed by atoms with Crippen LogP contribution in [0.5, 0.6) is 0 Å². The number of hydrogen-bond acceptors (Lipinski definition) is 4. The van der Waals surface area contributed by atoms with E-state index in [0.717, 1.165) is 17.2 Å². The van der Waals surface area contributed by atoms with Crippen molar-refractivity contribution in [2.75, 3.05) is 17.7 Å². The Bertz CT molecular complexity index is 613. The largest absolute Gasteiger partial charge is 0.397 e. The van der Waals surface area contributed by atoms with E-state index in [9.17, 15) is 0 Å². The fraction of sp³-hybridized carbons (Fsp3) is 0.143. The van der Waals surface area contributed by atoms with E-state index in [-0.39, 0.29) is 0 Å². The van der Waals surface area contributed by atoms with Crippen LogP contribution in [-0.4, -0.2) is 12.0 Å². The van der Waals surface area contributed by atoms with Crippen molar-refractivity contribution in [2.45, 2.75) is 6.92 Å².